The zero-order valence-corrected chi connectivity index (χ0v) is 11.1. The van der Waals surface area contributed by atoms with Crippen LogP contribution < -0.4 is 0 Å². The standard InChI is InChI=1S/C13H24OS/c1-4-5-6-7-8-9-10-11-13(15)14-12(2)3/h10-12H,4-9H2,1-3H3. The van der Waals surface area contributed by atoms with Crippen LogP contribution in [0.25, 0.3) is 0 Å². The normalized spacial score (nSPS) is 11.2. The Kier molecular flexibility index (Phi) is 9.91. The first-order valence-corrected chi connectivity index (χ1v) is 6.44. The van der Waals surface area contributed by atoms with E-state index in [1.54, 1.807) is 0 Å². The van der Waals surface area contributed by atoms with Crippen molar-refractivity contribution in [2.75, 3.05) is 0 Å². The maximum atomic E-state index is 5.34. The second-order valence-electron chi connectivity index (χ2n) is 4.09. The lowest BCUT2D eigenvalue weighted by molar-refractivity contribution is 0.237. The lowest BCUT2D eigenvalue weighted by Gasteiger charge is -2.06. The molecule has 0 aliphatic rings. The van der Waals surface area contributed by atoms with Crippen LogP contribution in [0.1, 0.15) is 59.3 Å². The summed E-state index contributed by atoms with van der Waals surface area (Å²) in [6.07, 6.45) is 12.0. The summed E-state index contributed by atoms with van der Waals surface area (Å²) in [7, 11) is 0. The van der Waals surface area contributed by atoms with Gasteiger partial charge in [-0.25, -0.2) is 0 Å². The molecule has 0 saturated carbocycles. The number of unbranched alkanes of at least 4 members (excludes halogenated alkanes) is 5. The van der Waals surface area contributed by atoms with Gasteiger partial charge in [0.1, 0.15) is 0 Å². The highest BCUT2D eigenvalue weighted by atomic mass is 32.1. The summed E-state index contributed by atoms with van der Waals surface area (Å²) in [6.45, 7) is 6.22. The highest BCUT2D eigenvalue weighted by Crippen LogP contribution is 2.05. The Morgan fingerprint density at radius 3 is 2.47 bits per heavy atom. The summed E-state index contributed by atoms with van der Waals surface area (Å²) in [5.41, 5.74) is 0. The fraction of sp³-hybridized carbons (Fsp3) is 0.769. The van der Waals surface area contributed by atoms with Crippen molar-refractivity contribution in [2.45, 2.75) is 65.4 Å². The largest absolute Gasteiger partial charge is 0.481 e. The van der Waals surface area contributed by atoms with Gasteiger partial charge in [-0.1, -0.05) is 38.7 Å². The Hall–Kier alpha value is -0.370. The minimum absolute atomic E-state index is 0.187. The van der Waals surface area contributed by atoms with Crippen molar-refractivity contribution in [3.8, 4) is 0 Å². The topological polar surface area (TPSA) is 9.23 Å². The van der Waals surface area contributed by atoms with Crippen LogP contribution in [-0.4, -0.2) is 11.2 Å². The summed E-state index contributed by atoms with van der Waals surface area (Å²) in [6, 6.07) is 0. The van der Waals surface area contributed by atoms with Crippen LogP contribution in [0, 0.1) is 0 Å². The molecule has 1 nitrogen and oxygen atoms in total. The first kappa shape index (κ1) is 14.6. The van der Waals surface area contributed by atoms with E-state index in [4.69, 9.17) is 17.0 Å². The highest BCUT2D eigenvalue weighted by molar-refractivity contribution is 7.80. The van der Waals surface area contributed by atoms with Crippen LogP contribution in [0.15, 0.2) is 12.2 Å². The molecule has 0 fully saturated rings. The van der Waals surface area contributed by atoms with Crippen molar-refractivity contribution < 1.29 is 4.74 Å². The van der Waals surface area contributed by atoms with Gasteiger partial charge < -0.3 is 4.74 Å². The lowest BCUT2D eigenvalue weighted by Crippen LogP contribution is -2.06. The minimum atomic E-state index is 0.187. The molecule has 0 atom stereocenters. The summed E-state index contributed by atoms with van der Waals surface area (Å²) in [5.74, 6) is 0. The van der Waals surface area contributed by atoms with Gasteiger partial charge in [-0.05, 0) is 45.0 Å². The summed E-state index contributed by atoms with van der Waals surface area (Å²) < 4.78 is 5.34. The van der Waals surface area contributed by atoms with Gasteiger partial charge in [0.2, 0.25) is 0 Å². The Bertz CT molecular complexity index is 185. The van der Waals surface area contributed by atoms with E-state index < -0.39 is 0 Å². The number of ether oxygens (including phenoxy) is 1. The second kappa shape index (κ2) is 10.2. The molecule has 0 rings (SSSR count). The van der Waals surface area contributed by atoms with Crippen molar-refractivity contribution in [2.24, 2.45) is 0 Å². The van der Waals surface area contributed by atoms with Gasteiger partial charge >= 0.3 is 0 Å². The van der Waals surface area contributed by atoms with E-state index in [2.05, 4.69) is 13.0 Å². The average molecular weight is 228 g/mol. The van der Waals surface area contributed by atoms with E-state index in [1.807, 2.05) is 19.9 Å². The van der Waals surface area contributed by atoms with Crippen LogP contribution in [0.4, 0.5) is 0 Å². The van der Waals surface area contributed by atoms with Crippen LogP contribution >= 0.6 is 12.2 Å². The smallest absolute Gasteiger partial charge is 0.183 e. The Morgan fingerprint density at radius 1 is 1.20 bits per heavy atom. The minimum Gasteiger partial charge on any atom is -0.481 e. The summed E-state index contributed by atoms with van der Waals surface area (Å²) in [4.78, 5) is 0. The number of hydrogen-bond acceptors (Lipinski definition) is 2. The van der Waals surface area contributed by atoms with Crippen molar-refractivity contribution >= 4 is 17.3 Å². The van der Waals surface area contributed by atoms with Crippen molar-refractivity contribution in [3.05, 3.63) is 12.2 Å². The van der Waals surface area contributed by atoms with Crippen LogP contribution in [0.2, 0.25) is 0 Å². The van der Waals surface area contributed by atoms with Gasteiger partial charge in [0.25, 0.3) is 0 Å². The van der Waals surface area contributed by atoms with Gasteiger partial charge in [-0.3, -0.25) is 0 Å². The molecule has 0 aliphatic heterocycles. The molecular formula is C13H24OS. The predicted molar refractivity (Wildman–Crippen MR) is 71.3 cm³/mol. The van der Waals surface area contributed by atoms with E-state index in [1.165, 1.54) is 32.1 Å². The van der Waals surface area contributed by atoms with E-state index in [0.29, 0.717) is 5.05 Å². The zero-order chi connectivity index (χ0) is 11.5. The van der Waals surface area contributed by atoms with Crippen molar-refractivity contribution in [1.82, 2.24) is 0 Å². The Labute approximate surface area is 99.9 Å². The molecule has 0 saturated heterocycles. The van der Waals surface area contributed by atoms with E-state index in [9.17, 15) is 0 Å². The Morgan fingerprint density at radius 2 is 1.87 bits per heavy atom. The quantitative estimate of drug-likeness (QED) is 0.339. The molecule has 88 valence electrons. The lowest BCUT2D eigenvalue weighted by atomic mass is 10.1. The van der Waals surface area contributed by atoms with Crippen molar-refractivity contribution in [3.63, 3.8) is 0 Å². The van der Waals surface area contributed by atoms with Gasteiger partial charge in [0.15, 0.2) is 5.05 Å². The molecule has 0 aliphatic carbocycles. The third-order valence-corrected chi connectivity index (χ3v) is 2.31. The summed E-state index contributed by atoms with van der Waals surface area (Å²) >= 11 is 5.04. The van der Waals surface area contributed by atoms with Crippen LogP contribution in [0.5, 0.6) is 0 Å². The molecule has 0 amide bonds. The van der Waals surface area contributed by atoms with Crippen molar-refractivity contribution in [1.29, 1.82) is 0 Å². The van der Waals surface area contributed by atoms with Crippen LogP contribution in [0.3, 0.4) is 0 Å². The third-order valence-electron chi connectivity index (χ3n) is 2.08. The number of thiocarbonyl (C=S) groups is 1. The number of rotatable bonds is 8. The van der Waals surface area contributed by atoms with Gasteiger partial charge in [-0.15, -0.1) is 0 Å². The molecule has 0 aromatic carbocycles. The summed E-state index contributed by atoms with van der Waals surface area (Å²) in [5, 5.41) is 0.610. The van der Waals surface area contributed by atoms with Gasteiger partial charge in [0, 0.05) is 0 Å². The van der Waals surface area contributed by atoms with E-state index >= 15 is 0 Å². The van der Waals surface area contributed by atoms with Crippen LogP contribution in [-0.2, 0) is 4.74 Å². The number of hydrogen-bond donors (Lipinski definition) is 0. The molecule has 0 spiro atoms. The molecule has 15 heavy (non-hydrogen) atoms. The first-order chi connectivity index (χ1) is 7.16. The molecule has 0 heterocycles. The Balaban J connectivity index is 3.34. The molecule has 0 aromatic rings. The van der Waals surface area contributed by atoms with E-state index in [0.717, 1.165) is 6.42 Å². The van der Waals surface area contributed by atoms with E-state index in [-0.39, 0.29) is 6.10 Å². The fourth-order valence-corrected chi connectivity index (χ4v) is 1.61. The monoisotopic (exact) mass is 228 g/mol. The molecule has 0 unspecified atom stereocenters. The molecule has 0 N–H and O–H groups in total. The maximum absolute atomic E-state index is 5.34. The van der Waals surface area contributed by atoms with Gasteiger partial charge in [0.05, 0.1) is 6.10 Å². The molecule has 2 heteroatoms. The maximum Gasteiger partial charge on any atom is 0.183 e. The number of allylic oxidation sites excluding steroid dienone is 1. The molecule has 0 aromatic heterocycles. The second-order valence-corrected chi connectivity index (χ2v) is 4.49. The predicted octanol–water partition coefficient (Wildman–Crippen LogP) is 4.66. The fourth-order valence-electron chi connectivity index (χ4n) is 1.32. The molecule has 0 bridgehead atoms. The SMILES string of the molecule is CCCCCCCC=CC(=S)OC(C)C. The molecule has 0 radical (unpaired) electrons. The first-order valence-electron chi connectivity index (χ1n) is 6.04. The van der Waals surface area contributed by atoms with Gasteiger partial charge in [-0.2, -0.15) is 0 Å². The third kappa shape index (κ3) is 11.6. The zero-order valence-electron chi connectivity index (χ0n) is 10.3. The highest BCUT2D eigenvalue weighted by Gasteiger charge is 1.94. The average Bonchev–Trinajstić information content (AvgIpc) is 2.15. The molecular weight excluding hydrogens is 204 g/mol.